The number of nitrogens with two attached hydrogens (primary N) is 1. The minimum absolute atomic E-state index is 0.167. The largest absolute Gasteiger partial charge is 0.490 e. The molecule has 1 saturated heterocycles. The predicted molar refractivity (Wildman–Crippen MR) is 143 cm³/mol. The third-order valence-electron chi connectivity index (χ3n) is 8.47. The van der Waals surface area contributed by atoms with Crippen LogP contribution in [0.5, 0.6) is 5.75 Å². The fraction of sp³-hybridized carbons (Fsp3) is 0.567. The summed E-state index contributed by atoms with van der Waals surface area (Å²) in [6.07, 6.45) is 14.2. The quantitative estimate of drug-likeness (QED) is 0.436. The van der Waals surface area contributed by atoms with Crippen LogP contribution in [0.25, 0.3) is 0 Å². The number of para-hydroxylation sites is 2. The third-order valence-corrected chi connectivity index (χ3v) is 8.47. The highest BCUT2D eigenvalue weighted by molar-refractivity contribution is 6.05. The Kier molecular flexibility index (Phi) is 7.92. The molecule has 1 amide bonds. The number of benzene rings is 2. The van der Waals surface area contributed by atoms with Crippen LogP contribution in [-0.4, -0.2) is 36.5 Å². The highest BCUT2D eigenvalue weighted by Crippen LogP contribution is 2.43. The van der Waals surface area contributed by atoms with Crippen LogP contribution in [0.3, 0.4) is 0 Å². The Bertz CT molecular complexity index is 956. The van der Waals surface area contributed by atoms with E-state index in [9.17, 15) is 4.79 Å². The lowest BCUT2D eigenvalue weighted by Gasteiger charge is -2.39. The molecule has 3 N–H and O–H groups in total. The van der Waals surface area contributed by atoms with E-state index in [1.54, 1.807) is 12.1 Å². The van der Waals surface area contributed by atoms with E-state index in [0.29, 0.717) is 16.9 Å². The molecule has 2 atom stereocenters. The summed E-state index contributed by atoms with van der Waals surface area (Å²) in [6, 6.07) is 14.7. The Morgan fingerprint density at radius 3 is 2.37 bits per heavy atom. The van der Waals surface area contributed by atoms with Gasteiger partial charge in [0.05, 0.1) is 11.4 Å². The van der Waals surface area contributed by atoms with Crippen LogP contribution in [0.1, 0.15) is 74.6 Å². The normalized spacial score (nSPS) is 25.2. The SMILES string of the molecule is Nc1ccccc1NC(=O)c1ccc(OC2CCN(CCCC3CC4CCCC(C4)C3)CC2)cc1. The number of amides is 1. The van der Waals surface area contributed by atoms with Crippen LogP contribution < -0.4 is 15.8 Å². The second kappa shape index (κ2) is 11.5. The minimum atomic E-state index is -0.167. The van der Waals surface area contributed by atoms with Gasteiger partial charge in [-0.05, 0) is 106 Å². The smallest absolute Gasteiger partial charge is 0.255 e. The average Bonchev–Trinajstić information content (AvgIpc) is 2.87. The van der Waals surface area contributed by atoms with Gasteiger partial charge < -0.3 is 20.7 Å². The number of hydrogen-bond donors (Lipinski definition) is 2. The van der Waals surface area contributed by atoms with Gasteiger partial charge in [0.2, 0.25) is 0 Å². The van der Waals surface area contributed by atoms with Crippen molar-refractivity contribution in [3.05, 3.63) is 54.1 Å². The second-order valence-electron chi connectivity index (χ2n) is 11.1. The maximum absolute atomic E-state index is 12.5. The van der Waals surface area contributed by atoms with E-state index < -0.39 is 0 Å². The summed E-state index contributed by atoms with van der Waals surface area (Å²) in [5.74, 6) is 3.76. The molecule has 1 aliphatic heterocycles. The highest BCUT2D eigenvalue weighted by Gasteiger charge is 2.31. The van der Waals surface area contributed by atoms with Crippen molar-refractivity contribution in [2.24, 2.45) is 17.8 Å². The number of rotatable bonds is 8. The number of anilines is 2. The zero-order valence-electron chi connectivity index (χ0n) is 21.0. The second-order valence-corrected chi connectivity index (χ2v) is 11.1. The topological polar surface area (TPSA) is 67.6 Å². The number of piperidine rings is 1. The Morgan fingerprint density at radius 2 is 1.66 bits per heavy atom. The van der Waals surface area contributed by atoms with E-state index in [1.807, 2.05) is 36.4 Å². The molecule has 5 heteroatoms. The zero-order valence-corrected chi connectivity index (χ0v) is 21.0. The van der Waals surface area contributed by atoms with Crippen LogP contribution in [0, 0.1) is 17.8 Å². The van der Waals surface area contributed by atoms with Gasteiger partial charge in [-0.3, -0.25) is 4.79 Å². The first kappa shape index (κ1) is 24.2. The van der Waals surface area contributed by atoms with Crippen molar-refractivity contribution in [1.82, 2.24) is 4.90 Å². The Labute approximate surface area is 210 Å². The molecule has 2 aromatic rings. The predicted octanol–water partition coefficient (Wildman–Crippen LogP) is 6.36. The number of carbonyl (C=O) groups is 1. The lowest BCUT2D eigenvalue weighted by molar-refractivity contribution is 0.0940. The average molecular weight is 476 g/mol. The van der Waals surface area contributed by atoms with Crippen molar-refractivity contribution in [3.63, 3.8) is 0 Å². The van der Waals surface area contributed by atoms with Crippen molar-refractivity contribution in [3.8, 4) is 5.75 Å². The molecule has 2 bridgehead atoms. The summed E-state index contributed by atoms with van der Waals surface area (Å²) in [6.45, 7) is 3.49. The van der Waals surface area contributed by atoms with Crippen molar-refractivity contribution in [2.75, 3.05) is 30.7 Å². The van der Waals surface area contributed by atoms with E-state index in [1.165, 1.54) is 57.9 Å². The molecule has 35 heavy (non-hydrogen) atoms. The molecule has 5 rings (SSSR count). The van der Waals surface area contributed by atoms with Crippen LogP contribution in [-0.2, 0) is 0 Å². The molecule has 0 aromatic heterocycles. The van der Waals surface area contributed by atoms with Gasteiger partial charge in [-0.1, -0.05) is 31.4 Å². The molecule has 2 unspecified atom stereocenters. The first-order valence-electron chi connectivity index (χ1n) is 13.8. The monoisotopic (exact) mass is 475 g/mol. The van der Waals surface area contributed by atoms with E-state index in [2.05, 4.69) is 10.2 Å². The van der Waals surface area contributed by atoms with Crippen LogP contribution in [0.4, 0.5) is 11.4 Å². The van der Waals surface area contributed by atoms with E-state index in [-0.39, 0.29) is 12.0 Å². The molecule has 1 heterocycles. The zero-order chi connectivity index (χ0) is 24.0. The van der Waals surface area contributed by atoms with Gasteiger partial charge in [-0.2, -0.15) is 0 Å². The van der Waals surface area contributed by atoms with Gasteiger partial charge in [0.15, 0.2) is 0 Å². The number of ether oxygens (including phenoxy) is 1. The van der Waals surface area contributed by atoms with E-state index >= 15 is 0 Å². The molecule has 2 aromatic carbocycles. The maximum Gasteiger partial charge on any atom is 0.255 e. The van der Waals surface area contributed by atoms with Gasteiger partial charge in [-0.15, -0.1) is 0 Å². The van der Waals surface area contributed by atoms with Crippen molar-refractivity contribution in [2.45, 2.75) is 70.3 Å². The highest BCUT2D eigenvalue weighted by atomic mass is 16.5. The lowest BCUT2D eigenvalue weighted by Crippen LogP contribution is -2.39. The lowest BCUT2D eigenvalue weighted by atomic mass is 9.67. The van der Waals surface area contributed by atoms with Gasteiger partial charge >= 0.3 is 0 Å². The fourth-order valence-corrected chi connectivity index (χ4v) is 6.64. The number of nitrogens with one attached hydrogen (secondary N) is 1. The summed E-state index contributed by atoms with van der Waals surface area (Å²) >= 11 is 0. The van der Waals surface area contributed by atoms with Crippen molar-refractivity contribution in [1.29, 1.82) is 0 Å². The Hall–Kier alpha value is -2.53. The maximum atomic E-state index is 12.5. The first-order valence-corrected chi connectivity index (χ1v) is 13.8. The number of carbonyl (C=O) groups excluding carboxylic acids is 1. The fourth-order valence-electron chi connectivity index (χ4n) is 6.64. The third kappa shape index (κ3) is 6.58. The standard InChI is InChI=1S/C30H41N3O2/c31-28-8-1-2-9-29(28)32-30(34)25-10-12-26(13-11-25)35-27-14-17-33(18-15-27)16-4-7-24-20-22-5-3-6-23(19-22)21-24/h1-2,8-13,22-24,27H,3-7,14-21,31H2,(H,32,34). The molecule has 188 valence electrons. The molecule has 0 spiro atoms. The molecule has 2 aliphatic carbocycles. The van der Waals surface area contributed by atoms with Gasteiger partial charge in [0, 0.05) is 18.7 Å². The van der Waals surface area contributed by atoms with Crippen LogP contribution in [0.15, 0.2) is 48.5 Å². The van der Waals surface area contributed by atoms with E-state index in [0.717, 1.165) is 49.4 Å². The summed E-state index contributed by atoms with van der Waals surface area (Å²) in [7, 11) is 0. The molecular formula is C30H41N3O2. The number of likely N-dealkylation sites (tertiary alicyclic amines) is 1. The number of hydrogen-bond acceptors (Lipinski definition) is 4. The summed E-state index contributed by atoms with van der Waals surface area (Å²) < 4.78 is 6.24. The van der Waals surface area contributed by atoms with Gasteiger partial charge in [0.25, 0.3) is 5.91 Å². The molecule has 2 saturated carbocycles. The molecule has 0 radical (unpaired) electrons. The number of nitrogen functional groups attached to an aromatic ring is 1. The number of nitrogens with zero attached hydrogens (tertiary/aromatic N) is 1. The van der Waals surface area contributed by atoms with Gasteiger partial charge in [0.1, 0.15) is 11.9 Å². The van der Waals surface area contributed by atoms with Crippen LogP contribution >= 0.6 is 0 Å². The molecule has 3 aliphatic rings. The molecular weight excluding hydrogens is 434 g/mol. The van der Waals surface area contributed by atoms with E-state index in [4.69, 9.17) is 10.5 Å². The Morgan fingerprint density at radius 1 is 0.943 bits per heavy atom. The minimum Gasteiger partial charge on any atom is -0.490 e. The summed E-state index contributed by atoms with van der Waals surface area (Å²) in [5, 5.41) is 2.87. The van der Waals surface area contributed by atoms with Gasteiger partial charge in [-0.25, -0.2) is 0 Å². The van der Waals surface area contributed by atoms with Crippen LogP contribution in [0.2, 0.25) is 0 Å². The number of fused-ring (bicyclic) bond motifs is 2. The Balaban J connectivity index is 1.01. The summed E-state index contributed by atoms with van der Waals surface area (Å²) in [5.41, 5.74) is 7.71. The first-order chi connectivity index (χ1) is 17.1. The van der Waals surface area contributed by atoms with Crippen molar-refractivity contribution >= 4 is 17.3 Å². The molecule has 3 fully saturated rings. The molecule has 5 nitrogen and oxygen atoms in total. The van der Waals surface area contributed by atoms with Crippen molar-refractivity contribution < 1.29 is 9.53 Å². The summed E-state index contributed by atoms with van der Waals surface area (Å²) in [4.78, 5) is 15.2.